The van der Waals surface area contributed by atoms with Gasteiger partial charge in [0.15, 0.2) is 0 Å². The van der Waals surface area contributed by atoms with Gasteiger partial charge < -0.3 is 15.0 Å². The lowest BCUT2D eigenvalue weighted by Crippen LogP contribution is -2.40. The fraction of sp³-hybridized carbons (Fsp3) is 1.00. The largest absolute Gasteiger partial charge is 0.383 e. The zero-order chi connectivity index (χ0) is 10.8. The lowest BCUT2D eigenvalue weighted by Gasteiger charge is -2.20. The van der Waals surface area contributed by atoms with E-state index in [-0.39, 0.29) is 6.04 Å². The Morgan fingerprint density at radius 2 is 2.00 bits per heavy atom. The summed E-state index contributed by atoms with van der Waals surface area (Å²) in [5.41, 5.74) is 0. The average Bonchev–Trinajstić information content (AvgIpc) is 2.23. The predicted molar refractivity (Wildman–Crippen MR) is 62.2 cm³/mol. The van der Waals surface area contributed by atoms with Crippen LogP contribution in [0.15, 0.2) is 0 Å². The van der Waals surface area contributed by atoms with Gasteiger partial charge in [0, 0.05) is 32.1 Å². The van der Waals surface area contributed by atoms with Crippen molar-refractivity contribution in [2.45, 2.75) is 19.9 Å². The number of rotatable bonds is 9. The molecule has 0 bridgehead atoms. The molecule has 0 saturated heterocycles. The highest BCUT2D eigenvalue weighted by Gasteiger charge is 2.06. The molecule has 86 valence electrons. The summed E-state index contributed by atoms with van der Waals surface area (Å²) in [5.74, 6) is 0.603. The van der Waals surface area contributed by atoms with Crippen molar-refractivity contribution in [3.05, 3.63) is 0 Å². The van der Waals surface area contributed by atoms with Gasteiger partial charge in [-0.2, -0.15) is 0 Å². The third-order valence-corrected chi connectivity index (χ3v) is 2.68. The van der Waals surface area contributed by atoms with Crippen molar-refractivity contribution in [2.24, 2.45) is 0 Å². The summed E-state index contributed by atoms with van der Waals surface area (Å²) >= 11 is 5.77. The number of methoxy groups -OCH3 is 1. The standard InChI is InChI=1S/C10H23ClN2O/c1-4-13(5-2)7-6-12-10(8-11)9-14-3/h10,12H,4-9H2,1-3H3. The van der Waals surface area contributed by atoms with E-state index in [1.165, 1.54) is 0 Å². The summed E-state index contributed by atoms with van der Waals surface area (Å²) in [6, 6.07) is 0.275. The highest BCUT2D eigenvalue weighted by Crippen LogP contribution is 1.90. The molecule has 0 aromatic rings. The van der Waals surface area contributed by atoms with Gasteiger partial charge in [0.25, 0.3) is 0 Å². The SMILES string of the molecule is CCN(CC)CCNC(CCl)COC. The highest BCUT2D eigenvalue weighted by atomic mass is 35.5. The molecule has 0 aromatic heterocycles. The molecular weight excluding hydrogens is 200 g/mol. The molecule has 0 aliphatic carbocycles. The molecule has 0 fully saturated rings. The van der Waals surface area contributed by atoms with Crippen LogP contribution in [-0.2, 0) is 4.74 Å². The molecule has 1 N–H and O–H groups in total. The maximum atomic E-state index is 5.77. The Morgan fingerprint density at radius 1 is 1.36 bits per heavy atom. The van der Waals surface area contributed by atoms with Crippen LogP contribution in [0.4, 0.5) is 0 Å². The van der Waals surface area contributed by atoms with Gasteiger partial charge in [0.1, 0.15) is 0 Å². The van der Waals surface area contributed by atoms with E-state index < -0.39 is 0 Å². The second-order valence-electron chi connectivity index (χ2n) is 3.29. The van der Waals surface area contributed by atoms with Crippen LogP contribution in [0.25, 0.3) is 0 Å². The molecule has 3 nitrogen and oxygen atoms in total. The minimum absolute atomic E-state index is 0.275. The van der Waals surface area contributed by atoms with Crippen molar-refractivity contribution in [1.82, 2.24) is 10.2 Å². The first-order valence-corrected chi connectivity index (χ1v) is 5.82. The van der Waals surface area contributed by atoms with Crippen molar-refractivity contribution in [2.75, 3.05) is 45.8 Å². The molecule has 0 aliphatic rings. The summed E-state index contributed by atoms with van der Waals surface area (Å²) < 4.78 is 5.04. The first-order chi connectivity index (χ1) is 6.78. The fourth-order valence-corrected chi connectivity index (χ4v) is 1.52. The van der Waals surface area contributed by atoms with Crippen LogP contribution in [-0.4, -0.2) is 56.7 Å². The monoisotopic (exact) mass is 222 g/mol. The van der Waals surface area contributed by atoms with E-state index in [0.717, 1.165) is 26.2 Å². The summed E-state index contributed by atoms with van der Waals surface area (Å²) in [4.78, 5) is 2.38. The van der Waals surface area contributed by atoms with Crippen molar-refractivity contribution < 1.29 is 4.74 Å². The number of hydrogen-bond donors (Lipinski definition) is 1. The second kappa shape index (κ2) is 9.71. The Balaban J connectivity index is 3.48. The molecule has 0 heterocycles. The molecule has 0 aromatic carbocycles. The molecule has 0 saturated carbocycles. The summed E-state index contributed by atoms with van der Waals surface area (Å²) in [6.07, 6.45) is 0. The number of halogens is 1. The highest BCUT2D eigenvalue weighted by molar-refractivity contribution is 6.18. The van der Waals surface area contributed by atoms with Gasteiger partial charge in [-0.1, -0.05) is 13.8 Å². The van der Waals surface area contributed by atoms with Gasteiger partial charge in [-0.15, -0.1) is 11.6 Å². The molecule has 1 unspecified atom stereocenters. The molecular formula is C10H23ClN2O. The van der Waals surface area contributed by atoms with Crippen molar-refractivity contribution in [3.63, 3.8) is 0 Å². The quantitative estimate of drug-likeness (QED) is 0.593. The lowest BCUT2D eigenvalue weighted by atomic mass is 10.3. The number of nitrogens with zero attached hydrogens (tertiary/aromatic N) is 1. The smallest absolute Gasteiger partial charge is 0.0627 e. The second-order valence-corrected chi connectivity index (χ2v) is 3.60. The maximum Gasteiger partial charge on any atom is 0.0627 e. The first-order valence-electron chi connectivity index (χ1n) is 5.29. The number of hydrogen-bond acceptors (Lipinski definition) is 3. The average molecular weight is 223 g/mol. The van der Waals surface area contributed by atoms with Crippen LogP contribution in [0.3, 0.4) is 0 Å². The molecule has 14 heavy (non-hydrogen) atoms. The van der Waals surface area contributed by atoms with E-state index in [1.54, 1.807) is 7.11 Å². The Kier molecular flexibility index (Phi) is 9.83. The van der Waals surface area contributed by atoms with E-state index in [0.29, 0.717) is 12.5 Å². The third-order valence-electron chi connectivity index (χ3n) is 2.31. The number of likely N-dealkylation sites (N-methyl/N-ethyl adjacent to an activating group) is 1. The maximum absolute atomic E-state index is 5.77. The minimum Gasteiger partial charge on any atom is -0.383 e. The van der Waals surface area contributed by atoms with Gasteiger partial charge in [-0.3, -0.25) is 0 Å². The third kappa shape index (κ3) is 6.60. The zero-order valence-electron chi connectivity index (χ0n) is 9.55. The van der Waals surface area contributed by atoms with E-state index in [4.69, 9.17) is 16.3 Å². The van der Waals surface area contributed by atoms with Crippen LogP contribution in [0, 0.1) is 0 Å². The van der Waals surface area contributed by atoms with Gasteiger partial charge in [-0.05, 0) is 13.1 Å². The zero-order valence-corrected chi connectivity index (χ0v) is 10.3. The van der Waals surface area contributed by atoms with Gasteiger partial charge in [-0.25, -0.2) is 0 Å². The van der Waals surface area contributed by atoms with E-state index in [2.05, 4.69) is 24.1 Å². The van der Waals surface area contributed by atoms with Gasteiger partial charge in [0.05, 0.1) is 6.61 Å². The first kappa shape index (κ1) is 14.2. The molecule has 0 amide bonds. The van der Waals surface area contributed by atoms with E-state index >= 15 is 0 Å². The summed E-state index contributed by atoms with van der Waals surface area (Å²) in [6.45, 7) is 9.30. The molecule has 0 spiro atoms. The Labute approximate surface area is 92.8 Å². The topological polar surface area (TPSA) is 24.5 Å². The minimum atomic E-state index is 0.275. The Bertz CT molecular complexity index is 121. The molecule has 0 radical (unpaired) electrons. The number of ether oxygens (including phenoxy) is 1. The fourth-order valence-electron chi connectivity index (χ4n) is 1.33. The van der Waals surface area contributed by atoms with Gasteiger partial charge in [0.2, 0.25) is 0 Å². The number of alkyl halides is 1. The molecule has 1 atom stereocenters. The van der Waals surface area contributed by atoms with E-state index in [9.17, 15) is 0 Å². The Morgan fingerprint density at radius 3 is 2.43 bits per heavy atom. The van der Waals surface area contributed by atoms with Crippen LogP contribution in [0.5, 0.6) is 0 Å². The molecule has 4 heteroatoms. The van der Waals surface area contributed by atoms with E-state index in [1.807, 2.05) is 0 Å². The number of nitrogens with one attached hydrogen (secondary N) is 1. The summed E-state index contributed by atoms with van der Waals surface area (Å²) in [5, 5.41) is 3.37. The predicted octanol–water partition coefficient (Wildman–Crippen LogP) is 1.17. The van der Waals surface area contributed by atoms with Crippen LogP contribution < -0.4 is 5.32 Å². The van der Waals surface area contributed by atoms with Crippen LogP contribution in [0.2, 0.25) is 0 Å². The molecule has 0 aliphatic heterocycles. The van der Waals surface area contributed by atoms with Crippen LogP contribution in [0.1, 0.15) is 13.8 Å². The van der Waals surface area contributed by atoms with Crippen molar-refractivity contribution >= 4 is 11.6 Å². The van der Waals surface area contributed by atoms with Crippen molar-refractivity contribution in [3.8, 4) is 0 Å². The van der Waals surface area contributed by atoms with Gasteiger partial charge >= 0.3 is 0 Å². The normalized spacial score (nSPS) is 13.5. The lowest BCUT2D eigenvalue weighted by molar-refractivity contribution is 0.170. The summed E-state index contributed by atoms with van der Waals surface area (Å²) in [7, 11) is 1.70. The van der Waals surface area contributed by atoms with Crippen molar-refractivity contribution in [1.29, 1.82) is 0 Å². The van der Waals surface area contributed by atoms with Crippen LogP contribution >= 0.6 is 11.6 Å². The molecule has 0 rings (SSSR count). The Hall–Kier alpha value is 0.170.